The molecule has 1 aliphatic heterocycles. The van der Waals surface area contributed by atoms with Gasteiger partial charge in [0, 0.05) is 16.5 Å². The van der Waals surface area contributed by atoms with Gasteiger partial charge in [-0.1, -0.05) is 65.8 Å². The molecule has 1 aliphatic rings. The number of carbonyl (C=O) groups excluding carboxylic acids is 1. The average molecular weight is 372 g/mol. The van der Waals surface area contributed by atoms with Crippen molar-refractivity contribution in [2.24, 2.45) is 10.7 Å². The Bertz CT molecular complexity index is 832. The zero-order chi connectivity index (χ0) is 17.8. The highest BCUT2D eigenvalue weighted by atomic mass is 35.5. The lowest BCUT2D eigenvalue weighted by atomic mass is 9.96. The molecule has 2 aromatic rings. The zero-order valence-corrected chi connectivity index (χ0v) is 15.3. The fourth-order valence-electron chi connectivity index (χ4n) is 2.65. The molecule has 0 radical (unpaired) electrons. The first kappa shape index (κ1) is 17.6. The molecule has 3 N–H and O–H groups in total. The number of benzene rings is 2. The van der Waals surface area contributed by atoms with Gasteiger partial charge in [0.1, 0.15) is 6.04 Å². The summed E-state index contributed by atoms with van der Waals surface area (Å²) in [6.45, 7) is 1.85. The summed E-state index contributed by atoms with van der Waals surface area (Å²) in [5.41, 5.74) is 8.93. The third kappa shape index (κ3) is 4.24. The summed E-state index contributed by atoms with van der Waals surface area (Å²) >= 11 is 7.50. The largest absolute Gasteiger partial charge is 0.366 e. The number of thioether (sulfide) groups is 1. The molecule has 0 fully saturated rings. The van der Waals surface area contributed by atoms with E-state index in [-0.39, 0.29) is 6.04 Å². The van der Waals surface area contributed by atoms with Gasteiger partial charge in [-0.2, -0.15) is 0 Å². The maximum atomic E-state index is 11.9. The van der Waals surface area contributed by atoms with Crippen molar-refractivity contribution in [3.05, 3.63) is 82.0 Å². The van der Waals surface area contributed by atoms with Crippen molar-refractivity contribution in [1.29, 1.82) is 0 Å². The normalized spacial score (nSPS) is 17.0. The zero-order valence-electron chi connectivity index (χ0n) is 13.7. The van der Waals surface area contributed by atoms with Crippen LogP contribution in [0.4, 0.5) is 0 Å². The van der Waals surface area contributed by atoms with E-state index in [1.807, 2.05) is 61.5 Å². The molecule has 6 heteroatoms. The van der Waals surface area contributed by atoms with Crippen molar-refractivity contribution >= 4 is 34.4 Å². The second kappa shape index (κ2) is 7.76. The number of halogens is 1. The lowest BCUT2D eigenvalue weighted by Gasteiger charge is -2.25. The number of nitrogens with zero attached hydrogens (tertiary/aromatic N) is 1. The van der Waals surface area contributed by atoms with Gasteiger partial charge in [0.2, 0.25) is 5.91 Å². The minimum Gasteiger partial charge on any atom is -0.366 e. The molecule has 0 aromatic heterocycles. The molecular formula is C19H18ClN3OS. The third-order valence-corrected chi connectivity index (χ3v) is 5.10. The molecule has 1 atom stereocenters. The van der Waals surface area contributed by atoms with E-state index in [2.05, 4.69) is 5.32 Å². The number of aliphatic imine (C=N–C) groups is 1. The lowest BCUT2D eigenvalue weighted by molar-refractivity contribution is -0.114. The molecule has 1 amide bonds. The van der Waals surface area contributed by atoms with Crippen molar-refractivity contribution in [2.75, 3.05) is 0 Å². The molecule has 3 rings (SSSR count). The maximum absolute atomic E-state index is 11.9. The minimum atomic E-state index is -0.454. The van der Waals surface area contributed by atoms with Crippen LogP contribution >= 0.6 is 23.4 Å². The van der Waals surface area contributed by atoms with E-state index in [9.17, 15) is 4.79 Å². The van der Waals surface area contributed by atoms with Crippen LogP contribution in [-0.2, 0) is 10.5 Å². The van der Waals surface area contributed by atoms with E-state index in [0.29, 0.717) is 5.57 Å². The monoisotopic (exact) mass is 371 g/mol. The Morgan fingerprint density at radius 2 is 1.88 bits per heavy atom. The summed E-state index contributed by atoms with van der Waals surface area (Å²) in [7, 11) is 0. The predicted octanol–water partition coefficient (Wildman–Crippen LogP) is 4.03. The van der Waals surface area contributed by atoms with Gasteiger partial charge in [0.25, 0.3) is 0 Å². The number of hydrogen-bond acceptors (Lipinski definition) is 4. The number of nitrogens with one attached hydrogen (secondary N) is 1. The molecule has 0 spiro atoms. The van der Waals surface area contributed by atoms with Gasteiger partial charge in [-0.15, -0.1) is 0 Å². The van der Waals surface area contributed by atoms with Crippen LogP contribution in [0.5, 0.6) is 0 Å². The van der Waals surface area contributed by atoms with Gasteiger partial charge >= 0.3 is 0 Å². The number of carbonyl (C=O) groups is 1. The number of amidine groups is 1. The van der Waals surface area contributed by atoms with Crippen LogP contribution in [0.15, 0.2) is 70.9 Å². The summed E-state index contributed by atoms with van der Waals surface area (Å²) in [6.07, 6.45) is 0. The highest BCUT2D eigenvalue weighted by molar-refractivity contribution is 8.13. The molecule has 0 saturated carbocycles. The number of rotatable bonds is 4. The summed E-state index contributed by atoms with van der Waals surface area (Å²) in [5, 5.41) is 4.68. The van der Waals surface area contributed by atoms with Gasteiger partial charge in [-0.05, 0) is 30.2 Å². The molecule has 0 aliphatic carbocycles. The van der Waals surface area contributed by atoms with Crippen LogP contribution in [0.1, 0.15) is 24.1 Å². The van der Waals surface area contributed by atoms with Crippen LogP contribution in [0, 0.1) is 0 Å². The Morgan fingerprint density at radius 1 is 1.20 bits per heavy atom. The number of amides is 1. The first-order chi connectivity index (χ1) is 12.0. The highest BCUT2D eigenvalue weighted by Crippen LogP contribution is 2.32. The van der Waals surface area contributed by atoms with Gasteiger partial charge in [-0.25, -0.2) is 4.99 Å². The quantitative estimate of drug-likeness (QED) is 0.852. The molecule has 2 aromatic carbocycles. The van der Waals surface area contributed by atoms with E-state index >= 15 is 0 Å². The second-order valence-corrected chi connectivity index (χ2v) is 7.09. The van der Waals surface area contributed by atoms with Crippen LogP contribution < -0.4 is 11.1 Å². The van der Waals surface area contributed by atoms with Crippen molar-refractivity contribution in [1.82, 2.24) is 5.32 Å². The number of primary amides is 1. The summed E-state index contributed by atoms with van der Waals surface area (Å²) in [5.74, 6) is 0.299. The van der Waals surface area contributed by atoms with Crippen LogP contribution in [-0.4, -0.2) is 11.1 Å². The standard InChI is InChI=1S/C19H18ClN3OS/c1-12-16(18(21)24)17(14-5-3-2-4-6-14)23-19(22-12)25-11-13-7-9-15(20)10-8-13/h2-10,17H,11H2,1H3,(H2,21,24)(H,22,23)/t17-/m0/s1. The molecule has 0 unspecified atom stereocenters. The van der Waals surface area contributed by atoms with E-state index in [1.165, 1.54) is 0 Å². The van der Waals surface area contributed by atoms with Gasteiger partial charge < -0.3 is 11.1 Å². The summed E-state index contributed by atoms with van der Waals surface area (Å²) in [6, 6.07) is 17.1. The number of nitrogens with two attached hydrogens (primary N) is 1. The molecule has 128 valence electrons. The van der Waals surface area contributed by atoms with Crippen molar-refractivity contribution in [3.8, 4) is 0 Å². The van der Waals surface area contributed by atoms with Crippen molar-refractivity contribution in [2.45, 2.75) is 18.7 Å². The Hall–Kier alpha value is -2.24. The van der Waals surface area contributed by atoms with E-state index < -0.39 is 5.91 Å². The van der Waals surface area contributed by atoms with E-state index in [4.69, 9.17) is 22.3 Å². The fourth-order valence-corrected chi connectivity index (χ4v) is 3.68. The maximum Gasteiger partial charge on any atom is 0.248 e. The van der Waals surface area contributed by atoms with Crippen LogP contribution in [0.25, 0.3) is 0 Å². The Labute approximate surface area is 156 Å². The molecule has 4 nitrogen and oxygen atoms in total. The van der Waals surface area contributed by atoms with Crippen LogP contribution in [0.3, 0.4) is 0 Å². The second-order valence-electron chi connectivity index (χ2n) is 5.69. The minimum absolute atomic E-state index is 0.382. The summed E-state index contributed by atoms with van der Waals surface area (Å²) < 4.78 is 0. The van der Waals surface area contributed by atoms with E-state index in [1.54, 1.807) is 11.8 Å². The molecule has 25 heavy (non-hydrogen) atoms. The number of hydrogen-bond donors (Lipinski definition) is 2. The number of allylic oxidation sites excluding steroid dienone is 1. The third-order valence-electron chi connectivity index (χ3n) is 3.89. The van der Waals surface area contributed by atoms with E-state index in [0.717, 1.165) is 32.8 Å². The predicted molar refractivity (Wildman–Crippen MR) is 104 cm³/mol. The molecule has 1 heterocycles. The van der Waals surface area contributed by atoms with Gasteiger partial charge in [0.15, 0.2) is 5.17 Å². The average Bonchev–Trinajstić information content (AvgIpc) is 2.61. The topological polar surface area (TPSA) is 67.5 Å². The van der Waals surface area contributed by atoms with Crippen molar-refractivity contribution < 1.29 is 4.79 Å². The Balaban J connectivity index is 1.83. The highest BCUT2D eigenvalue weighted by Gasteiger charge is 2.27. The molecule has 0 saturated heterocycles. The van der Waals surface area contributed by atoms with Gasteiger partial charge in [-0.3, -0.25) is 4.79 Å². The first-order valence-corrected chi connectivity index (χ1v) is 9.18. The lowest BCUT2D eigenvalue weighted by Crippen LogP contribution is -2.32. The Morgan fingerprint density at radius 3 is 2.52 bits per heavy atom. The molecule has 0 bridgehead atoms. The summed E-state index contributed by atoms with van der Waals surface area (Å²) in [4.78, 5) is 16.6. The first-order valence-electron chi connectivity index (χ1n) is 7.82. The Kier molecular flexibility index (Phi) is 5.46. The van der Waals surface area contributed by atoms with Gasteiger partial charge in [0.05, 0.1) is 5.57 Å². The smallest absolute Gasteiger partial charge is 0.248 e. The fraction of sp³-hybridized carbons (Fsp3) is 0.158. The SMILES string of the molecule is CC1=C(C(N)=O)[C@H](c2ccccc2)N=C(SCc2ccc(Cl)cc2)N1. The van der Waals surface area contributed by atoms with Crippen LogP contribution in [0.2, 0.25) is 5.02 Å². The van der Waals surface area contributed by atoms with Crippen molar-refractivity contribution in [3.63, 3.8) is 0 Å². The molecular weight excluding hydrogens is 354 g/mol.